The molecule has 1 aromatic heterocycles. The molecule has 1 atom stereocenters. The lowest BCUT2D eigenvalue weighted by Gasteiger charge is -2.22. The summed E-state index contributed by atoms with van der Waals surface area (Å²) in [6.07, 6.45) is 2.46. The number of rotatable bonds is 6. The van der Waals surface area contributed by atoms with Crippen molar-refractivity contribution < 1.29 is 17.9 Å². The van der Waals surface area contributed by atoms with Gasteiger partial charge >= 0.3 is 0 Å². The summed E-state index contributed by atoms with van der Waals surface area (Å²) in [4.78, 5) is 0. The van der Waals surface area contributed by atoms with Crippen LogP contribution in [-0.4, -0.2) is 26.2 Å². The number of hydrogen-bond donors (Lipinski definition) is 1. The minimum absolute atomic E-state index is 0.271. The number of fused-ring (bicyclic) bond motifs is 1. The molecule has 0 saturated carbocycles. The third-order valence-corrected chi connectivity index (χ3v) is 2.93. The van der Waals surface area contributed by atoms with Gasteiger partial charge in [-0.3, -0.25) is 0 Å². The largest absolute Gasteiger partial charge is 0.469 e. The van der Waals surface area contributed by atoms with Crippen molar-refractivity contribution in [3.8, 4) is 0 Å². The second-order valence-corrected chi connectivity index (χ2v) is 4.16. The Hall–Kier alpha value is -0.940. The van der Waals surface area contributed by atoms with Crippen LogP contribution in [0, 0.1) is 0 Å². The Bertz CT molecular complexity index is 341. The standard InChI is InChI=1S/C12H17F2NO2/c13-12(14)8-16-7-5-15-10-2-1-3-11-9(10)4-6-17-11/h4,6,10,12,15H,1-3,5,7-8H2. The van der Waals surface area contributed by atoms with E-state index in [9.17, 15) is 8.78 Å². The lowest BCUT2D eigenvalue weighted by Crippen LogP contribution is -2.28. The Kier molecular flexibility index (Phi) is 4.50. The van der Waals surface area contributed by atoms with Crippen LogP contribution in [0.3, 0.4) is 0 Å². The SMILES string of the molecule is FC(F)COCCNC1CCCc2occc21. The molecule has 1 unspecified atom stereocenters. The van der Waals surface area contributed by atoms with Gasteiger partial charge in [0.15, 0.2) is 0 Å². The zero-order valence-corrected chi connectivity index (χ0v) is 9.62. The minimum Gasteiger partial charge on any atom is -0.469 e. The fourth-order valence-corrected chi connectivity index (χ4v) is 2.18. The van der Waals surface area contributed by atoms with E-state index in [1.807, 2.05) is 6.07 Å². The van der Waals surface area contributed by atoms with Gasteiger partial charge in [-0.1, -0.05) is 0 Å². The Labute approximate surface area is 99.1 Å². The molecule has 0 amide bonds. The first kappa shape index (κ1) is 12.5. The highest BCUT2D eigenvalue weighted by Gasteiger charge is 2.21. The Morgan fingerprint density at radius 1 is 1.53 bits per heavy atom. The molecule has 2 rings (SSSR count). The van der Waals surface area contributed by atoms with Gasteiger partial charge in [0.05, 0.1) is 12.9 Å². The number of aryl methyl sites for hydroxylation is 1. The summed E-state index contributed by atoms with van der Waals surface area (Å²) in [7, 11) is 0. The average Bonchev–Trinajstić information content (AvgIpc) is 2.77. The number of hydrogen-bond acceptors (Lipinski definition) is 3. The van der Waals surface area contributed by atoms with Crippen molar-refractivity contribution in [2.75, 3.05) is 19.8 Å². The van der Waals surface area contributed by atoms with E-state index >= 15 is 0 Å². The molecule has 0 aromatic carbocycles. The number of furan rings is 1. The van der Waals surface area contributed by atoms with Crippen LogP contribution in [0.2, 0.25) is 0 Å². The molecule has 3 nitrogen and oxygen atoms in total. The molecule has 1 aliphatic rings. The Morgan fingerprint density at radius 3 is 3.24 bits per heavy atom. The zero-order chi connectivity index (χ0) is 12.1. The fourth-order valence-electron chi connectivity index (χ4n) is 2.18. The molecule has 17 heavy (non-hydrogen) atoms. The van der Waals surface area contributed by atoms with Crippen LogP contribution in [0.15, 0.2) is 16.7 Å². The summed E-state index contributed by atoms with van der Waals surface area (Å²) in [5.74, 6) is 1.04. The lowest BCUT2D eigenvalue weighted by molar-refractivity contribution is 0.0181. The Morgan fingerprint density at radius 2 is 2.41 bits per heavy atom. The van der Waals surface area contributed by atoms with Gasteiger partial charge in [-0.2, -0.15) is 0 Å². The number of halogens is 2. The Balaban J connectivity index is 1.71. The molecule has 0 aliphatic heterocycles. The zero-order valence-electron chi connectivity index (χ0n) is 9.62. The van der Waals surface area contributed by atoms with E-state index in [4.69, 9.17) is 9.15 Å². The maximum absolute atomic E-state index is 11.8. The molecule has 5 heteroatoms. The second kappa shape index (κ2) is 6.12. The molecule has 1 aliphatic carbocycles. The van der Waals surface area contributed by atoms with E-state index in [0.29, 0.717) is 13.2 Å². The highest BCUT2D eigenvalue weighted by Crippen LogP contribution is 2.30. The first-order valence-electron chi connectivity index (χ1n) is 5.93. The van der Waals surface area contributed by atoms with Gasteiger partial charge < -0.3 is 14.5 Å². The van der Waals surface area contributed by atoms with Crippen LogP contribution in [0.5, 0.6) is 0 Å². The lowest BCUT2D eigenvalue weighted by atomic mass is 9.93. The monoisotopic (exact) mass is 245 g/mol. The highest BCUT2D eigenvalue weighted by atomic mass is 19.3. The van der Waals surface area contributed by atoms with Crippen LogP contribution >= 0.6 is 0 Å². The predicted octanol–water partition coefficient (Wildman–Crippen LogP) is 2.53. The van der Waals surface area contributed by atoms with Crippen molar-refractivity contribution in [1.82, 2.24) is 5.32 Å². The second-order valence-electron chi connectivity index (χ2n) is 4.16. The van der Waals surface area contributed by atoms with Crippen molar-refractivity contribution in [1.29, 1.82) is 0 Å². The molecule has 0 spiro atoms. The van der Waals surface area contributed by atoms with Gasteiger partial charge in [0.1, 0.15) is 12.4 Å². The van der Waals surface area contributed by atoms with Gasteiger partial charge in [-0.15, -0.1) is 0 Å². The van der Waals surface area contributed by atoms with Crippen LogP contribution in [0.4, 0.5) is 8.78 Å². The van der Waals surface area contributed by atoms with E-state index in [0.717, 1.165) is 25.0 Å². The van der Waals surface area contributed by atoms with Crippen LogP contribution in [-0.2, 0) is 11.2 Å². The maximum Gasteiger partial charge on any atom is 0.261 e. The van der Waals surface area contributed by atoms with E-state index in [1.54, 1.807) is 6.26 Å². The molecular formula is C12H17F2NO2. The molecule has 96 valence electrons. The third kappa shape index (κ3) is 3.51. The maximum atomic E-state index is 11.8. The van der Waals surface area contributed by atoms with Gasteiger partial charge in [-0.25, -0.2) is 8.78 Å². The van der Waals surface area contributed by atoms with Crippen LogP contribution in [0.1, 0.15) is 30.2 Å². The number of ether oxygens (including phenoxy) is 1. The molecule has 1 aromatic rings. The van der Waals surface area contributed by atoms with Gasteiger partial charge in [0, 0.05) is 24.6 Å². The van der Waals surface area contributed by atoms with Crippen molar-refractivity contribution in [2.45, 2.75) is 31.7 Å². The van der Waals surface area contributed by atoms with E-state index < -0.39 is 13.0 Å². The van der Waals surface area contributed by atoms with Crippen LogP contribution < -0.4 is 5.32 Å². The smallest absolute Gasteiger partial charge is 0.261 e. The molecule has 0 radical (unpaired) electrons. The quantitative estimate of drug-likeness (QED) is 0.782. The van der Waals surface area contributed by atoms with E-state index in [-0.39, 0.29) is 6.04 Å². The summed E-state index contributed by atoms with van der Waals surface area (Å²) in [6.45, 7) is 0.416. The first-order valence-corrected chi connectivity index (χ1v) is 5.93. The molecular weight excluding hydrogens is 228 g/mol. The van der Waals surface area contributed by atoms with E-state index in [2.05, 4.69) is 5.32 Å². The first-order chi connectivity index (χ1) is 8.27. The topological polar surface area (TPSA) is 34.4 Å². The van der Waals surface area contributed by atoms with Crippen molar-refractivity contribution in [2.24, 2.45) is 0 Å². The average molecular weight is 245 g/mol. The predicted molar refractivity (Wildman–Crippen MR) is 59.2 cm³/mol. The normalized spacial score (nSPS) is 19.6. The molecule has 0 fully saturated rings. The van der Waals surface area contributed by atoms with Crippen molar-refractivity contribution in [3.63, 3.8) is 0 Å². The van der Waals surface area contributed by atoms with Crippen molar-refractivity contribution >= 4 is 0 Å². The van der Waals surface area contributed by atoms with Crippen molar-refractivity contribution in [3.05, 3.63) is 23.7 Å². The summed E-state index contributed by atoms with van der Waals surface area (Å²) in [6, 6.07) is 2.25. The minimum atomic E-state index is -2.38. The summed E-state index contributed by atoms with van der Waals surface area (Å²) in [5.41, 5.74) is 1.20. The highest BCUT2D eigenvalue weighted by molar-refractivity contribution is 5.23. The summed E-state index contributed by atoms with van der Waals surface area (Å²) >= 11 is 0. The summed E-state index contributed by atoms with van der Waals surface area (Å²) < 4.78 is 33.8. The third-order valence-electron chi connectivity index (χ3n) is 2.93. The molecule has 1 N–H and O–H groups in total. The van der Waals surface area contributed by atoms with Gasteiger partial charge in [0.2, 0.25) is 0 Å². The number of nitrogens with one attached hydrogen (secondary N) is 1. The molecule has 0 saturated heterocycles. The molecule has 1 heterocycles. The molecule has 0 bridgehead atoms. The number of alkyl halides is 2. The summed E-state index contributed by atoms with van der Waals surface area (Å²) in [5, 5.41) is 3.31. The van der Waals surface area contributed by atoms with E-state index in [1.165, 1.54) is 5.56 Å². The van der Waals surface area contributed by atoms with Crippen LogP contribution in [0.25, 0.3) is 0 Å². The fraction of sp³-hybridized carbons (Fsp3) is 0.667. The van der Waals surface area contributed by atoms with Gasteiger partial charge in [0.25, 0.3) is 6.43 Å². The van der Waals surface area contributed by atoms with Gasteiger partial charge in [-0.05, 0) is 18.9 Å².